The van der Waals surface area contributed by atoms with Crippen molar-refractivity contribution < 1.29 is 9.53 Å². The summed E-state index contributed by atoms with van der Waals surface area (Å²) in [6, 6.07) is 10.0. The van der Waals surface area contributed by atoms with Crippen molar-refractivity contribution in [2.45, 2.75) is 25.7 Å². The van der Waals surface area contributed by atoms with Gasteiger partial charge in [-0.1, -0.05) is 31.0 Å². The number of nitrogen functional groups attached to an aromatic ring is 1. The van der Waals surface area contributed by atoms with E-state index in [-0.39, 0.29) is 11.5 Å². The average molecular weight is 365 g/mol. The maximum Gasteiger partial charge on any atom is 0.360 e. The number of carbonyl (C=O) groups is 1. The molecule has 7 heteroatoms. The maximum atomic E-state index is 12.1. The molecule has 1 aliphatic rings. The van der Waals surface area contributed by atoms with Crippen molar-refractivity contribution in [2.75, 3.05) is 30.8 Å². The predicted octanol–water partition coefficient (Wildman–Crippen LogP) is 3.37. The third-order valence-electron chi connectivity index (χ3n) is 4.97. The SMILES string of the molecule is COC(=O)c1nc(-c2cc3ccccc3[nH]2)c(N2CCCCCC2)nc1N. The molecule has 0 radical (unpaired) electrons. The number of H-pyrrole nitrogens is 1. The number of nitrogens with zero attached hydrogens (tertiary/aromatic N) is 3. The van der Waals surface area contributed by atoms with E-state index in [1.54, 1.807) is 0 Å². The Kier molecular flexibility index (Phi) is 4.66. The van der Waals surface area contributed by atoms with Crippen LogP contribution in [0, 0.1) is 0 Å². The molecule has 0 aliphatic carbocycles. The summed E-state index contributed by atoms with van der Waals surface area (Å²) in [6.07, 6.45) is 4.63. The molecule has 1 aliphatic heterocycles. The number of methoxy groups -OCH3 is 1. The number of nitrogens with two attached hydrogens (primary N) is 1. The first-order valence-corrected chi connectivity index (χ1v) is 9.26. The van der Waals surface area contributed by atoms with Crippen LogP contribution in [0.3, 0.4) is 0 Å². The minimum atomic E-state index is -0.584. The number of hydrogen-bond acceptors (Lipinski definition) is 6. The second-order valence-electron chi connectivity index (χ2n) is 6.79. The first-order chi connectivity index (χ1) is 13.2. The van der Waals surface area contributed by atoms with Gasteiger partial charge in [0.15, 0.2) is 17.3 Å². The molecule has 0 spiro atoms. The third kappa shape index (κ3) is 3.32. The highest BCUT2D eigenvalue weighted by molar-refractivity contribution is 5.94. The molecule has 1 saturated heterocycles. The molecule has 0 saturated carbocycles. The van der Waals surface area contributed by atoms with E-state index in [2.05, 4.69) is 19.9 Å². The summed E-state index contributed by atoms with van der Waals surface area (Å²) in [5.41, 5.74) is 8.55. The summed E-state index contributed by atoms with van der Waals surface area (Å²) >= 11 is 0. The number of esters is 1. The van der Waals surface area contributed by atoms with Gasteiger partial charge >= 0.3 is 5.97 Å². The Labute approximate surface area is 157 Å². The molecule has 3 N–H and O–H groups in total. The van der Waals surface area contributed by atoms with Crippen LogP contribution in [-0.4, -0.2) is 41.1 Å². The van der Waals surface area contributed by atoms with Crippen molar-refractivity contribution in [3.63, 3.8) is 0 Å². The summed E-state index contributed by atoms with van der Waals surface area (Å²) < 4.78 is 4.83. The van der Waals surface area contributed by atoms with E-state index in [1.807, 2.05) is 30.3 Å². The van der Waals surface area contributed by atoms with E-state index >= 15 is 0 Å². The molecule has 27 heavy (non-hydrogen) atoms. The number of para-hydroxylation sites is 1. The predicted molar refractivity (Wildman–Crippen MR) is 106 cm³/mol. The number of hydrogen-bond donors (Lipinski definition) is 2. The Balaban J connectivity index is 1.88. The lowest BCUT2D eigenvalue weighted by Crippen LogP contribution is -2.27. The average Bonchev–Trinajstić information content (AvgIpc) is 2.93. The van der Waals surface area contributed by atoms with Crippen molar-refractivity contribution in [2.24, 2.45) is 0 Å². The van der Waals surface area contributed by atoms with Crippen LogP contribution in [0.2, 0.25) is 0 Å². The lowest BCUT2D eigenvalue weighted by molar-refractivity contribution is 0.0595. The Morgan fingerprint density at radius 2 is 1.89 bits per heavy atom. The molecule has 0 unspecified atom stereocenters. The molecule has 7 nitrogen and oxygen atoms in total. The van der Waals surface area contributed by atoms with E-state index < -0.39 is 5.97 Å². The van der Waals surface area contributed by atoms with Gasteiger partial charge in [0.05, 0.1) is 12.8 Å². The fraction of sp³-hybridized carbons (Fsp3) is 0.350. The van der Waals surface area contributed by atoms with E-state index in [0.717, 1.165) is 42.5 Å². The highest BCUT2D eigenvalue weighted by Gasteiger charge is 2.24. The summed E-state index contributed by atoms with van der Waals surface area (Å²) in [7, 11) is 1.31. The van der Waals surface area contributed by atoms with Gasteiger partial charge in [-0.15, -0.1) is 0 Å². The number of rotatable bonds is 3. The normalized spacial score (nSPS) is 14.9. The molecule has 1 fully saturated rings. The number of aromatic amines is 1. The highest BCUT2D eigenvalue weighted by atomic mass is 16.5. The monoisotopic (exact) mass is 365 g/mol. The van der Waals surface area contributed by atoms with E-state index in [4.69, 9.17) is 10.5 Å². The van der Waals surface area contributed by atoms with E-state index in [0.29, 0.717) is 11.5 Å². The molecule has 3 aromatic rings. The minimum absolute atomic E-state index is 0.0460. The second-order valence-corrected chi connectivity index (χ2v) is 6.79. The van der Waals surface area contributed by atoms with Crippen LogP contribution in [0.25, 0.3) is 22.3 Å². The van der Waals surface area contributed by atoms with Gasteiger partial charge in [0.1, 0.15) is 5.69 Å². The van der Waals surface area contributed by atoms with Gasteiger partial charge in [0.25, 0.3) is 0 Å². The molecule has 140 valence electrons. The van der Waals surface area contributed by atoms with Gasteiger partial charge in [0.2, 0.25) is 0 Å². The van der Waals surface area contributed by atoms with Crippen molar-refractivity contribution in [1.29, 1.82) is 0 Å². The number of aromatic nitrogens is 3. The van der Waals surface area contributed by atoms with Crippen molar-refractivity contribution in [3.05, 3.63) is 36.0 Å². The fourth-order valence-electron chi connectivity index (χ4n) is 3.57. The van der Waals surface area contributed by atoms with Gasteiger partial charge in [-0.2, -0.15) is 0 Å². The van der Waals surface area contributed by atoms with Crippen LogP contribution in [0.1, 0.15) is 36.2 Å². The number of carbonyl (C=O) groups excluding carboxylic acids is 1. The smallest absolute Gasteiger partial charge is 0.360 e. The standard InChI is InChI=1S/C20H23N5O2/c1-27-20(26)17-18(21)24-19(25-10-6-2-3-7-11-25)16(23-17)15-12-13-8-4-5-9-14(13)22-15/h4-5,8-9,12,22H,2-3,6-7,10-11H2,1H3,(H2,21,24). The number of anilines is 2. The van der Waals surface area contributed by atoms with E-state index in [9.17, 15) is 4.79 Å². The van der Waals surface area contributed by atoms with Crippen molar-refractivity contribution in [1.82, 2.24) is 15.0 Å². The van der Waals surface area contributed by atoms with Gasteiger partial charge in [-0.05, 0) is 25.0 Å². The van der Waals surface area contributed by atoms with Crippen LogP contribution in [0.15, 0.2) is 30.3 Å². The van der Waals surface area contributed by atoms with Crippen LogP contribution in [-0.2, 0) is 4.74 Å². The lowest BCUT2D eigenvalue weighted by atomic mass is 10.2. The van der Waals surface area contributed by atoms with Gasteiger partial charge < -0.3 is 20.4 Å². The lowest BCUT2D eigenvalue weighted by Gasteiger charge is -2.24. The van der Waals surface area contributed by atoms with Gasteiger partial charge in [-0.3, -0.25) is 0 Å². The van der Waals surface area contributed by atoms with Crippen LogP contribution in [0.5, 0.6) is 0 Å². The summed E-state index contributed by atoms with van der Waals surface area (Å²) in [4.78, 5) is 26.9. The topological polar surface area (TPSA) is 97.1 Å². The Bertz CT molecular complexity index is 941. The zero-order valence-corrected chi connectivity index (χ0v) is 15.4. The van der Waals surface area contributed by atoms with Crippen LogP contribution < -0.4 is 10.6 Å². The zero-order valence-electron chi connectivity index (χ0n) is 15.4. The summed E-state index contributed by atoms with van der Waals surface area (Å²) in [6.45, 7) is 1.80. The first kappa shape index (κ1) is 17.3. The van der Waals surface area contributed by atoms with Crippen molar-refractivity contribution in [3.8, 4) is 11.4 Å². The Morgan fingerprint density at radius 1 is 1.15 bits per heavy atom. The maximum absolute atomic E-state index is 12.1. The molecule has 1 aromatic carbocycles. The highest BCUT2D eigenvalue weighted by Crippen LogP contribution is 2.32. The Morgan fingerprint density at radius 3 is 2.59 bits per heavy atom. The van der Waals surface area contributed by atoms with Crippen LogP contribution >= 0.6 is 0 Å². The molecule has 0 amide bonds. The number of nitrogens with one attached hydrogen (secondary N) is 1. The molecular weight excluding hydrogens is 342 g/mol. The minimum Gasteiger partial charge on any atom is -0.464 e. The van der Waals surface area contributed by atoms with E-state index in [1.165, 1.54) is 20.0 Å². The molecular formula is C20H23N5O2. The summed E-state index contributed by atoms with van der Waals surface area (Å²) in [5, 5.41) is 1.08. The first-order valence-electron chi connectivity index (χ1n) is 9.26. The van der Waals surface area contributed by atoms with Crippen LogP contribution in [0.4, 0.5) is 11.6 Å². The molecule has 2 aromatic heterocycles. The third-order valence-corrected chi connectivity index (χ3v) is 4.97. The largest absolute Gasteiger partial charge is 0.464 e. The number of fused-ring (bicyclic) bond motifs is 1. The van der Waals surface area contributed by atoms with Gasteiger partial charge in [-0.25, -0.2) is 14.8 Å². The van der Waals surface area contributed by atoms with Crippen molar-refractivity contribution >= 4 is 28.5 Å². The summed E-state index contributed by atoms with van der Waals surface area (Å²) in [5.74, 6) is 0.231. The van der Waals surface area contributed by atoms with Gasteiger partial charge in [0, 0.05) is 24.0 Å². The zero-order chi connectivity index (χ0) is 18.8. The second kappa shape index (κ2) is 7.26. The Hall–Kier alpha value is -3.09. The molecule has 4 rings (SSSR count). The number of ether oxygens (including phenoxy) is 1. The quantitative estimate of drug-likeness (QED) is 0.691. The molecule has 0 atom stereocenters. The molecule has 0 bridgehead atoms. The number of benzene rings is 1. The fourth-order valence-corrected chi connectivity index (χ4v) is 3.57. The molecule has 3 heterocycles.